The third kappa shape index (κ3) is 3.27. The van der Waals surface area contributed by atoms with Gasteiger partial charge in [-0.15, -0.1) is 11.8 Å². The summed E-state index contributed by atoms with van der Waals surface area (Å²) in [6.07, 6.45) is 0. The monoisotopic (exact) mass is 328 g/mol. The minimum atomic E-state index is -0.966. The Morgan fingerprint density at radius 3 is 2.76 bits per heavy atom. The van der Waals surface area contributed by atoms with E-state index in [0.29, 0.717) is 16.7 Å². The topological polar surface area (TPSA) is 60.9 Å². The van der Waals surface area contributed by atoms with Gasteiger partial charge in [0.05, 0.1) is 11.9 Å². The summed E-state index contributed by atoms with van der Waals surface area (Å²) in [4.78, 5) is 26.6. The molecule has 1 aromatic rings. The maximum atomic E-state index is 12.5. The number of hydrogen-bond acceptors (Lipinski definition) is 3. The van der Waals surface area contributed by atoms with E-state index in [-0.39, 0.29) is 12.1 Å². The predicted molar refractivity (Wildman–Crippen MR) is 83.6 cm³/mol. The number of carbonyl (C=O) groups excluding carboxylic acids is 1. The number of carbonyl (C=O) groups is 2. The lowest BCUT2D eigenvalue weighted by molar-refractivity contribution is -0.140. The Morgan fingerprint density at radius 2 is 2.14 bits per heavy atom. The van der Waals surface area contributed by atoms with Crippen molar-refractivity contribution in [1.82, 2.24) is 9.80 Å². The molecule has 0 aromatic heterocycles. The van der Waals surface area contributed by atoms with Gasteiger partial charge in [-0.1, -0.05) is 29.8 Å². The number of nitrogens with zero attached hydrogens (tertiary/aromatic N) is 2. The Morgan fingerprint density at radius 1 is 1.48 bits per heavy atom. The molecule has 21 heavy (non-hydrogen) atoms. The summed E-state index contributed by atoms with van der Waals surface area (Å²) in [6, 6.07) is 6.05. The number of rotatable bonds is 3. The predicted octanol–water partition coefficient (Wildman–Crippen LogP) is 2.91. The molecule has 1 heterocycles. The van der Waals surface area contributed by atoms with Gasteiger partial charge in [0, 0.05) is 17.8 Å². The third-order valence-electron chi connectivity index (χ3n) is 3.65. The minimum absolute atomic E-state index is 0.230. The molecule has 5 nitrogen and oxygen atoms in total. The minimum Gasteiger partial charge on any atom is -0.480 e. The van der Waals surface area contributed by atoms with Gasteiger partial charge in [0.2, 0.25) is 0 Å². The van der Waals surface area contributed by atoms with Crippen molar-refractivity contribution in [3.8, 4) is 0 Å². The number of carboxylic acids is 1. The van der Waals surface area contributed by atoms with Crippen molar-refractivity contribution in [3.05, 3.63) is 34.9 Å². The SMILES string of the molecule is CC(c1ccccc1Cl)N(C)C(=O)N1CSCC1C(=O)O. The van der Waals surface area contributed by atoms with Crippen LogP contribution in [0.3, 0.4) is 0 Å². The zero-order valence-electron chi connectivity index (χ0n) is 11.8. The second-order valence-corrected chi connectivity index (χ2v) is 6.32. The lowest BCUT2D eigenvalue weighted by Crippen LogP contribution is -2.48. The van der Waals surface area contributed by atoms with Crippen molar-refractivity contribution < 1.29 is 14.7 Å². The second-order valence-electron chi connectivity index (χ2n) is 4.91. The quantitative estimate of drug-likeness (QED) is 0.926. The van der Waals surface area contributed by atoms with Gasteiger partial charge in [-0.2, -0.15) is 0 Å². The fourth-order valence-electron chi connectivity index (χ4n) is 2.23. The van der Waals surface area contributed by atoms with E-state index in [1.165, 1.54) is 21.6 Å². The molecule has 0 bridgehead atoms. The second kappa shape index (κ2) is 6.58. The first kappa shape index (κ1) is 16.0. The summed E-state index contributed by atoms with van der Waals surface area (Å²) in [5.74, 6) is -0.141. The molecule has 1 aromatic carbocycles. The first-order valence-electron chi connectivity index (χ1n) is 6.52. The number of thioether (sulfide) groups is 1. The number of urea groups is 1. The molecule has 0 aliphatic carbocycles. The average molecular weight is 329 g/mol. The summed E-state index contributed by atoms with van der Waals surface area (Å²) in [7, 11) is 1.66. The highest BCUT2D eigenvalue weighted by Gasteiger charge is 2.37. The summed E-state index contributed by atoms with van der Waals surface area (Å²) >= 11 is 7.60. The average Bonchev–Trinajstić information content (AvgIpc) is 2.95. The highest BCUT2D eigenvalue weighted by molar-refractivity contribution is 7.99. The van der Waals surface area contributed by atoms with Crippen LogP contribution in [0.5, 0.6) is 0 Å². The number of aliphatic carboxylic acids is 1. The summed E-state index contributed by atoms with van der Waals surface area (Å²) in [5.41, 5.74) is 0.841. The fraction of sp³-hybridized carbons (Fsp3) is 0.429. The largest absolute Gasteiger partial charge is 0.480 e. The van der Waals surface area contributed by atoms with E-state index in [4.69, 9.17) is 16.7 Å². The molecular formula is C14H17ClN2O3S. The molecule has 1 fully saturated rings. The van der Waals surface area contributed by atoms with Crippen LogP contribution in [0.1, 0.15) is 18.5 Å². The van der Waals surface area contributed by atoms with Gasteiger partial charge < -0.3 is 14.9 Å². The van der Waals surface area contributed by atoms with E-state index in [0.717, 1.165) is 5.56 Å². The zero-order chi connectivity index (χ0) is 15.6. The van der Waals surface area contributed by atoms with E-state index < -0.39 is 12.0 Å². The van der Waals surface area contributed by atoms with Crippen molar-refractivity contribution in [2.24, 2.45) is 0 Å². The van der Waals surface area contributed by atoms with E-state index in [1.54, 1.807) is 13.1 Å². The van der Waals surface area contributed by atoms with Crippen molar-refractivity contribution in [2.75, 3.05) is 18.7 Å². The molecule has 1 N–H and O–H groups in total. The molecule has 1 saturated heterocycles. The van der Waals surface area contributed by atoms with Crippen LogP contribution in [0.15, 0.2) is 24.3 Å². The van der Waals surface area contributed by atoms with E-state index in [1.807, 2.05) is 25.1 Å². The number of carboxylic acid groups (broad SMARTS) is 1. The summed E-state index contributed by atoms with van der Waals surface area (Å²) in [5, 5.41) is 9.76. The van der Waals surface area contributed by atoms with Crippen LogP contribution in [0, 0.1) is 0 Å². The van der Waals surface area contributed by atoms with E-state index in [2.05, 4.69) is 0 Å². The van der Waals surface area contributed by atoms with Crippen LogP contribution in [0.25, 0.3) is 0 Å². The summed E-state index contributed by atoms with van der Waals surface area (Å²) in [6.45, 7) is 1.87. The molecule has 1 aliphatic rings. The van der Waals surface area contributed by atoms with Gasteiger partial charge in [0.15, 0.2) is 0 Å². The molecule has 2 rings (SSSR count). The van der Waals surface area contributed by atoms with Crippen LogP contribution in [-0.4, -0.2) is 51.6 Å². The molecule has 2 amide bonds. The molecule has 0 saturated carbocycles. The van der Waals surface area contributed by atoms with Gasteiger partial charge in [0.25, 0.3) is 0 Å². The highest BCUT2D eigenvalue weighted by Crippen LogP contribution is 2.29. The molecule has 2 unspecified atom stereocenters. The molecule has 0 spiro atoms. The Labute approximate surface area is 132 Å². The number of benzene rings is 1. The van der Waals surface area contributed by atoms with E-state index >= 15 is 0 Å². The van der Waals surface area contributed by atoms with Gasteiger partial charge in [-0.25, -0.2) is 9.59 Å². The Kier molecular flexibility index (Phi) is 5.00. The number of hydrogen-bond donors (Lipinski definition) is 1. The number of halogens is 1. The molecule has 2 atom stereocenters. The lowest BCUT2D eigenvalue weighted by atomic mass is 10.1. The Hall–Kier alpha value is -1.40. The van der Waals surface area contributed by atoms with E-state index in [9.17, 15) is 9.59 Å². The molecular weight excluding hydrogens is 312 g/mol. The summed E-state index contributed by atoms with van der Waals surface area (Å²) < 4.78 is 0. The highest BCUT2D eigenvalue weighted by atomic mass is 35.5. The zero-order valence-corrected chi connectivity index (χ0v) is 13.4. The normalized spacial score (nSPS) is 19.4. The Balaban J connectivity index is 2.16. The number of amides is 2. The van der Waals surface area contributed by atoms with Gasteiger partial charge >= 0.3 is 12.0 Å². The first-order valence-corrected chi connectivity index (χ1v) is 8.05. The molecule has 7 heteroatoms. The molecule has 0 radical (unpaired) electrons. The van der Waals surface area contributed by atoms with Crippen molar-refractivity contribution >= 4 is 35.4 Å². The van der Waals surface area contributed by atoms with Gasteiger partial charge in [-0.05, 0) is 18.6 Å². The third-order valence-corrected chi connectivity index (χ3v) is 5.01. The standard InChI is InChI=1S/C14H17ClN2O3S/c1-9(10-5-3-4-6-11(10)15)16(2)14(20)17-8-21-7-12(17)13(18)19/h3-6,9,12H,7-8H2,1-2H3,(H,18,19). The van der Waals surface area contributed by atoms with Crippen LogP contribution in [0.4, 0.5) is 4.79 Å². The van der Waals surface area contributed by atoms with Crippen molar-refractivity contribution in [3.63, 3.8) is 0 Å². The molecule has 114 valence electrons. The maximum Gasteiger partial charge on any atom is 0.327 e. The smallest absolute Gasteiger partial charge is 0.327 e. The fourth-order valence-corrected chi connectivity index (χ4v) is 3.66. The van der Waals surface area contributed by atoms with Gasteiger partial charge in [0.1, 0.15) is 6.04 Å². The maximum absolute atomic E-state index is 12.5. The van der Waals surface area contributed by atoms with Crippen LogP contribution in [0.2, 0.25) is 5.02 Å². The van der Waals surface area contributed by atoms with Crippen LogP contribution in [-0.2, 0) is 4.79 Å². The van der Waals surface area contributed by atoms with Crippen LogP contribution < -0.4 is 0 Å². The molecule has 1 aliphatic heterocycles. The Bertz CT molecular complexity index is 555. The first-order chi connectivity index (χ1) is 9.93. The van der Waals surface area contributed by atoms with Crippen molar-refractivity contribution in [1.29, 1.82) is 0 Å². The lowest BCUT2D eigenvalue weighted by Gasteiger charge is -2.31. The van der Waals surface area contributed by atoms with Crippen LogP contribution >= 0.6 is 23.4 Å². The van der Waals surface area contributed by atoms with Crippen molar-refractivity contribution in [2.45, 2.75) is 19.0 Å². The van der Waals surface area contributed by atoms with Gasteiger partial charge in [-0.3, -0.25) is 0 Å².